The van der Waals surface area contributed by atoms with Crippen LogP contribution in [-0.4, -0.2) is 30.4 Å². The van der Waals surface area contributed by atoms with Gasteiger partial charge in [-0.3, -0.25) is 4.79 Å². The summed E-state index contributed by atoms with van der Waals surface area (Å²) in [5, 5.41) is 3.11. The number of nitrogens with one attached hydrogen (secondary N) is 1. The lowest BCUT2D eigenvalue weighted by Gasteiger charge is -2.33. The number of carbonyl (C=O) groups is 1. The van der Waals surface area contributed by atoms with E-state index in [0.717, 1.165) is 31.5 Å². The quantitative estimate of drug-likeness (QED) is 0.925. The third-order valence-electron chi connectivity index (χ3n) is 3.65. The van der Waals surface area contributed by atoms with Crippen LogP contribution in [0.15, 0.2) is 24.3 Å². The second-order valence-corrected chi connectivity index (χ2v) is 5.07. The molecule has 1 aromatic rings. The van der Waals surface area contributed by atoms with E-state index >= 15 is 0 Å². The second kappa shape index (κ2) is 7.51. The zero-order valence-electron chi connectivity index (χ0n) is 11.7. The van der Waals surface area contributed by atoms with Gasteiger partial charge >= 0.3 is 0 Å². The van der Waals surface area contributed by atoms with Gasteiger partial charge in [0.15, 0.2) is 0 Å². The van der Waals surface area contributed by atoms with Crippen molar-refractivity contribution in [2.45, 2.75) is 38.8 Å². The zero-order valence-corrected chi connectivity index (χ0v) is 12.5. The summed E-state index contributed by atoms with van der Waals surface area (Å²) < 4.78 is 0. The van der Waals surface area contributed by atoms with Crippen LogP contribution >= 0.6 is 12.4 Å². The summed E-state index contributed by atoms with van der Waals surface area (Å²) >= 11 is 0. The number of halogens is 1. The molecule has 3 nitrogen and oxygen atoms in total. The molecule has 2 rings (SSSR count). The molecular weight excluding hydrogens is 260 g/mol. The summed E-state index contributed by atoms with van der Waals surface area (Å²) in [5.74, 6) is 0.179. The van der Waals surface area contributed by atoms with Gasteiger partial charge in [-0.2, -0.15) is 0 Å². The van der Waals surface area contributed by atoms with Crippen LogP contribution < -0.4 is 5.32 Å². The predicted octanol–water partition coefficient (Wildman–Crippen LogP) is 2.84. The van der Waals surface area contributed by atoms with Gasteiger partial charge in [-0.25, -0.2) is 0 Å². The van der Waals surface area contributed by atoms with Gasteiger partial charge in [0.05, 0.1) is 0 Å². The highest BCUT2D eigenvalue weighted by atomic mass is 35.5. The molecule has 0 aromatic heterocycles. The Balaban J connectivity index is 0.00000180. The van der Waals surface area contributed by atoms with Crippen molar-refractivity contribution < 1.29 is 4.79 Å². The molecule has 106 valence electrons. The van der Waals surface area contributed by atoms with E-state index in [0.29, 0.717) is 6.04 Å². The van der Waals surface area contributed by atoms with Gasteiger partial charge < -0.3 is 10.2 Å². The molecule has 0 radical (unpaired) electrons. The third kappa shape index (κ3) is 3.95. The van der Waals surface area contributed by atoms with E-state index < -0.39 is 0 Å². The van der Waals surface area contributed by atoms with Gasteiger partial charge in [0.2, 0.25) is 0 Å². The first-order valence-electron chi connectivity index (χ1n) is 6.77. The van der Waals surface area contributed by atoms with Crippen molar-refractivity contribution in [1.82, 2.24) is 10.2 Å². The van der Waals surface area contributed by atoms with E-state index in [4.69, 9.17) is 0 Å². The van der Waals surface area contributed by atoms with Crippen molar-refractivity contribution in [3.8, 4) is 0 Å². The molecule has 1 saturated heterocycles. The summed E-state index contributed by atoms with van der Waals surface area (Å²) in [6.45, 7) is 3.89. The third-order valence-corrected chi connectivity index (χ3v) is 3.65. The Hall–Kier alpha value is -1.06. The first kappa shape index (κ1) is 16.0. The van der Waals surface area contributed by atoms with Crippen molar-refractivity contribution in [2.24, 2.45) is 0 Å². The molecule has 0 saturated carbocycles. The number of likely N-dealkylation sites (tertiary alicyclic amines) is 1. The maximum Gasteiger partial charge on any atom is 0.254 e. The van der Waals surface area contributed by atoms with E-state index in [-0.39, 0.29) is 18.3 Å². The van der Waals surface area contributed by atoms with Crippen LogP contribution in [0.3, 0.4) is 0 Å². The number of nitrogens with zero attached hydrogens (tertiary/aromatic N) is 1. The van der Waals surface area contributed by atoms with Crippen molar-refractivity contribution in [3.05, 3.63) is 35.4 Å². The highest BCUT2D eigenvalue weighted by Crippen LogP contribution is 2.19. The number of hydrogen-bond acceptors (Lipinski definition) is 2. The smallest absolute Gasteiger partial charge is 0.254 e. The number of carbonyl (C=O) groups excluding carboxylic acids is 1. The van der Waals surface area contributed by atoms with Crippen molar-refractivity contribution in [2.75, 3.05) is 13.6 Å². The molecule has 1 amide bonds. The van der Waals surface area contributed by atoms with Crippen LogP contribution in [0.2, 0.25) is 0 Å². The Bertz CT molecular complexity index is 405. The first-order valence-corrected chi connectivity index (χ1v) is 6.77. The topological polar surface area (TPSA) is 32.3 Å². The molecule has 4 heteroatoms. The molecule has 1 fully saturated rings. The van der Waals surface area contributed by atoms with E-state index in [2.05, 4.69) is 12.2 Å². The Kier molecular flexibility index (Phi) is 6.32. The summed E-state index contributed by atoms with van der Waals surface area (Å²) in [7, 11) is 1.93. The molecule has 19 heavy (non-hydrogen) atoms. The molecule has 0 aliphatic carbocycles. The molecule has 0 spiro atoms. The van der Waals surface area contributed by atoms with E-state index in [1.165, 1.54) is 12.0 Å². The Morgan fingerprint density at radius 3 is 2.58 bits per heavy atom. The first-order chi connectivity index (χ1) is 8.72. The average Bonchev–Trinajstić information content (AvgIpc) is 2.40. The van der Waals surface area contributed by atoms with Gasteiger partial charge in [-0.1, -0.05) is 12.1 Å². The Morgan fingerprint density at radius 1 is 1.32 bits per heavy atom. The summed E-state index contributed by atoms with van der Waals surface area (Å²) in [6, 6.07) is 8.31. The molecule has 1 aliphatic rings. The molecule has 1 heterocycles. The maximum absolute atomic E-state index is 12.4. The average molecular weight is 283 g/mol. The van der Waals surface area contributed by atoms with E-state index in [1.807, 2.05) is 36.2 Å². The fourth-order valence-electron chi connectivity index (χ4n) is 2.53. The van der Waals surface area contributed by atoms with Crippen molar-refractivity contribution in [3.63, 3.8) is 0 Å². The van der Waals surface area contributed by atoms with Gasteiger partial charge in [0.25, 0.3) is 5.91 Å². The number of amides is 1. The number of rotatable bonds is 3. The van der Waals surface area contributed by atoms with Crippen LogP contribution in [0, 0.1) is 0 Å². The number of piperidine rings is 1. The number of hydrogen-bond donors (Lipinski definition) is 1. The van der Waals surface area contributed by atoms with Crippen LogP contribution in [-0.2, 0) is 6.54 Å². The van der Waals surface area contributed by atoms with Gasteiger partial charge in [-0.15, -0.1) is 12.4 Å². The minimum Gasteiger partial charge on any atom is -0.336 e. The normalized spacial score (nSPS) is 18.8. The fraction of sp³-hybridized carbons (Fsp3) is 0.533. The fourth-order valence-corrected chi connectivity index (χ4v) is 2.53. The Labute approximate surface area is 121 Å². The SMILES string of the molecule is CNCc1ccc(C(=O)N2CCCCC2C)cc1.Cl. The number of benzene rings is 1. The highest BCUT2D eigenvalue weighted by molar-refractivity contribution is 5.94. The minimum absolute atomic E-state index is 0. The lowest BCUT2D eigenvalue weighted by atomic mass is 10.0. The molecule has 1 aromatic carbocycles. The van der Waals surface area contributed by atoms with Crippen LogP contribution in [0.1, 0.15) is 42.1 Å². The molecular formula is C15H23ClN2O. The largest absolute Gasteiger partial charge is 0.336 e. The zero-order chi connectivity index (χ0) is 13.0. The summed E-state index contributed by atoms with van der Waals surface area (Å²) in [6.07, 6.45) is 3.50. The maximum atomic E-state index is 12.4. The van der Waals surface area contributed by atoms with Gasteiger partial charge in [-0.05, 0) is 50.9 Å². The monoisotopic (exact) mass is 282 g/mol. The van der Waals surface area contributed by atoms with Gasteiger partial charge in [0, 0.05) is 24.7 Å². The predicted molar refractivity (Wildman–Crippen MR) is 80.8 cm³/mol. The standard InChI is InChI=1S/C15H22N2O.ClH/c1-12-5-3-4-10-17(12)15(18)14-8-6-13(7-9-14)11-16-2;/h6-9,12,16H,3-5,10-11H2,1-2H3;1H. The molecule has 0 bridgehead atoms. The lowest BCUT2D eigenvalue weighted by Crippen LogP contribution is -2.42. The van der Waals surface area contributed by atoms with Crippen LogP contribution in [0.4, 0.5) is 0 Å². The molecule has 1 atom stereocenters. The molecule has 1 unspecified atom stereocenters. The second-order valence-electron chi connectivity index (χ2n) is 5.07. The van der Waals surface area contributed by atoms with Crippen LogP contribution in [0.5, 0.6) is 0 Å². The van der Waals surface area contributed by atoms with E-state index in [1.54, 1.807) is 0 Å². The summed E-state index contributed by atoms with van der Waals surface area (Å²) in [4.78, 5) is 14.4. The highest BCUT2D eigenvalue weighted by Gasteiger charge is 2.23. The van der Waals surface area contributed by atoms with E-state index in [9.17, 15) is 4.79 Å². The minimum atomic E-state index is 0. The van der Waals surface area contributed by atoms with Gasteiger partial charge in [0.1, 0.15) is 0 Å². The van der Waals surface area contributed by atoms with Crippen molar-refractivity contribution in [1.29, 1.82) is 0 Å². The summed E-state index contributed by atoms with van der Waals surface area (Å²) in [5.41, 5.74) is 2.02. The molecule has 1 aliphatic heterocycles. The Morgan fingerprint density at radius 2 is 2.00 bits per heavy atom. The van der Waals surface area contributed by atoms with Crippen molar-refractivity contribution >= 4 is 18.3 Å². The lowest BCUT2D eigenvalue weighted by molar-refractivity contribution is 0.0635. The van der Waals surface area contributed by atoms with Crippen LogP contribution in [0.25, 0.3) is 0 Å². The molecule has 1 N–H and O–H groups in total.